The van der Waals surface area contributed by atoms with Gasteiger partial charge in [0.25, 0.3) is 0 Å². The van der Waals surface area contributed by atoms with Crippen LogP contribution in [0.1, 0.15) is 27.2 Å². The number of ketones is 1. The fourth-order valence-electron chi connectivity index (χ4n) is 2.50. The summed E-state index contributed by atoms with van der Waals surface area (Å²) in [6, 6.07) is 13.2. The van der Waals surface area contributed by atoms with E-state index in [1.807, 2.05) is 32.1 Å². The number of benzene rings is 2. The van der Waals surface area contributed by atoms with Gasteiger partial charge in [-0.2, -0.15) is 0 Å². The zero-order valence-corrected chi connectivity index (χ0v) is 14.4. The first-order chi connectivity index (χ1) is 10.5. The van der Waals surface area contributed by atoms with E-state index in [0.717, 1.165) is 10.9 Å². The molecule has 0 spiro atoms. The third kappa shape index (κ3) is 4.04. The summed E-state index contributed by atoms with van der Waals surface area (Å²) >= 11 is 5.94. The number of aryl methyl sites for hydroxylation is 2. The van der Waals surface area contributed by atoms with Crippen molar-refractivity contribution >= 4 is 46.8 Å². The fraction of sp³-hybridized carbons (Fsp3) is 0.105. The molecule has 23 heavy (non-hydrogen) atoms. The number of carbonyl (C=O) groups is 1. The van der Waals surface area contributed by atoms with Crippen LogP contribution in [0.4, 0.5) is 0 Å². The van der Waals surface area contributed by atoms with Gasteiger partial charge in [-0.1, -0.05) is 47.0 Å². The van der Waals surface area contributed by atoms with Crippen molar-refractivity contribution in [1.29, 1.82) is 0 Å². The molecule has 2 nitrogen and oxygen atoms in total. The van der Waals surface area contributed by atoms with Crippen molar-refractivity contribution in [3.05, 3.63) is 76.0 Å². The SMILES string of the molecule is Cc1cc(C)cc(/C=C/C(=O)c2cc3cc(Cl)ccc3o2)c1.Cl. The van der Waals surface area contributed by atoms with Gasteiger partial charge in [-0.25, -0.2) is 0 Å². The molecular weight excluding hydrogens is 331 g/mol. The van der Waals surface area contributed by atoms with Crippen molar-refractivity contribution in [3.8, 4) is 0 Å². The number of rotatable bonds is 3. The Balaban J connectivity index is 0.00000192. The standard InChI is InChI=1S/C19H15ClO2.ClH/c1-12-7-13(2)9-14(8-12)3-5-17(21)19-11-15-10-16(20)4-6-18(15)22-19;/h3-11H,1-2H3;1H/b5-3+;. The number of furan rings is 1. The van der Waals surface area contributed by atoms with Crippen LogP contribution in [0.3, 0.4) is 0 Å². The number of fused-ring (bicyclic) bond motifs is 1. The molecule has 0 aliphatic heterocycles. The monoisotopic (exact) mass is 346 g/mol. The predicted molar refractivity (Wildman–Crippen MR) is 97.8 cm³/mol. The molecule has 0 atom stereocenters. The molecule has 1 heterocycles. The van der Waals surface area contributed by atoms with Gasteiger partial charge >= 0.3 is 0 Å². The van der Waals surface area contributed by atoms with Gasteiger partial charge in [0.05, 0.1) is 0 Å². The number of allylic oxidation sites excluding steroid dienone is 1. The summed E-state index contributed by atoms with van der Waals surface area (Å²) in [5.74, 6) is 0.157. The molecule has 118 valence electrons. The minimum Gasteiger partial charge on any atom is -0.453 e. The molecule has 0 unspecified atom stereocenters. The maximum atomic E-state index is 12.2. The van der Waals surface area contributed by atoms with E-state index in [2.05, 4.69) is 6.07 Å². The summed E-state index contributed by atoms with van der Waals surface area (Å²) in [6.07, 6.45) is 3.34. The summed E-state index contributed by atoms with van der Waals surface area (Å²) in [7, 11) is 0. The molecule has 0 radical (unpaired) electrons. The van der Waals surface area contributed by atoms with E-state index in [1.165, 1.54) is 17.2 Å². The van der Waals surface area contributed by atoms with E-state index < -0.39 is 0 Å². The van der Waals surface area contributed by atoms with Gasteiger partial charge in [0, 0.05) is 10.4 Å². The first-order valence-electron chi connectivity index (χ1n) is 7.01. The highest BCUT2D eigenvalue weighted by Gasteiger charge is 2.09. The van der Waals surface area contributed by atoms with Crippen LogP contribution in [0.25, 0.3) is 17.0 Å². The lowest BCUT2D eigenvalue weighted by molar-refractivity contribution is 0.102. The Kier molecular flexibility index (Phi) is 5.30. The van der Waals surface area contributed by atoms with Crippen molar-refractivity contribution in [3.63, 3.8) is 0 Å². The van der Waals surface area contributed by atoms with Crippen LogP contribution in [0.2, 0.25) is 5.02 Å². The summed E-state index contributed by atoms with van der Waals surface area (Å²) < 4.78 is 5.56. The van der Waals surface area contributed by atoms with Crippen LogP contribution in [0, 0.1) is 13.8 Å². The van der Waals surface area contributed by atoms with Crippen LogP contribution < -0.4 is 0 Å². The molecule has 0 amide bonds. The number of carbonyl (C=O) groups excluding carboxylic acids is 1. The second-order valence-corrected chi connectivity index (χ2v) is 5.85. The third-order valence-corrected chi connectivity index (χ3v) is 3.63. The van der Waals surface area contributed by atoms with Gasteiger partial charge in [-0.05, 0) is 49.8 Å². The third-order valence-electron chi connectivity index (χ3n) is 3.39. The Morgan fingerprint density at radius 3 is 2.43 bits per heavy atom. The lowest BCUT2D eigenvalue weighted by atomic mass is 10.1. The fourth-order valence-corrected chi connectivity index (χ4v) is 2.68. The molecule has 3 aromatic rings. The highest BCUT2D eigenvalue weighted by molar-refractivity contribution is 6.31. The smallest absolute Gasteiger partial charge is 0.221 e. The van der Waals surface area contributed by atoms with Crippen molar-refractivity contribution in [2.24, 2.45) is 0 Å². The molecule has 0 aliphatic carbocycles. The molecular formula is C19H16Cl2O2. The van der Waals surface area contributed by atoms with E-state index in [1.54, 1.807) is 24.3 Å². The summed E-state index contributed by atoms with van der Waals surface area (Å²) in [5.41, 5.74) is 4.01. The predicted octanol–water partition coefficient (Wildman–Crippen LogP) is 6.02. The highest BCUT2D eigenvalue weighted by Crippen LogP contribution is 2.23. The molecule has 0 saturated carbocycles. The molecule has 1 aromatic heterocycles. The molecule has 0 aliphatic rings. The normalized spacial score (nSPS) is 10.9. The number of hydrogen-bond donors (Lipinski definition) is 0. The largest absolute Gasteiger partial charge is 0.453 e. The van der Waals surface area contributed by atoms with Gasteiger partial charge in [0.1, 0.15) is 5.58 Å². The van der Waals surface area contributed by atoms with E-state index >= 15 is 0 Å². The molecule has 0 fully saturated rings. The van der Waals surface area contributed by atoms with Crippen LogP contribution >= 0.6 is 24.0 Å². The Morgan fingerprint density at radius 1 is 1.04 bits per heavy atom. The first kappa shape index (κ1) is 17.3. The molecule has 0 bridgehead atoms. The Bertz CT molecular complexity index is 871. The minimum atomic E-state index is -0.161. The number of halogens is 2. The van der Waals surface area contributed by atoms with Crippen molar-refractivity contribution < 1.29 is 9.21 Å². The topological polar surface area (TPSA) is 30.2 Å². The maximum Gasteiger partial charge on any atom is 0.221 e. The maximum absolute atomic E-state index is 12.2. The summed E-state index contributed by atoms with van der Waals surface area (Å²) in [5, 5.41) is 1.45. The van der Waals surface area contributed by atoms with Crippen LogP contribution in [-0.4, -0.2) is 5.78 Å². The van der Waals surface area contributed by atoms with Gasteiger partial charge in [-0.15, -0.1) is 12.4 Å². The first-order valence-corrected chi connectivity index (χ1v) is 7.39. The number of hydrogen-bond acceptors (Lipinski definition) is 2. The van der Waals surface area contributed by atoms with Gasteiger partial charge in [-0.3, -0.25) is 4.79 Å². The molecule has 0 N–H and O–H groups in total. The second kappa shape index (κ2) is 7.03. The van der Waals surface area contributed by atoms with E-state index in [4.69, 9.17) is 16.0 Å². The van der Waals surface area contributed by atoms with Crippen molar-refractivity contribution in [2.75, 3.05) is 0 Å². The zero-order chi connectivity index (χ0) is 15.7. The van der Waals surface area contributed by atoms with Gasteiger partial charge in [0.2, 0.25) is 5.78 Å². The van der Waals surface area contributed by atoms with E-state index in [9.17, 15) is 4.79 Å². The molecule has 2 aromatic carbocycles. The van der Waals surface area contributed by atoms with Gasteiger partial charge in [0.15, 0.2) is 5.76 Å². The van der Waals surface area contributed by atoms with Crippen molar-refractivity contribution in [2.45, 2.75) is 13.8 Å². The molecule has 4 heteroatoms. The van der Waals surface area contributed by atoms with Crippen LogP contribution in [0.15, 0.2) is 53.0 Å². The molecule has 0 saturated heterocycles. The van der Waals surface area contributed by atoms with Crippen LogP contribution in [-0.2, 0) is 0 Å². The Labute approximate surface area is 146 Å². The van der Waals surface area contributed by atoms with E-state index in [0.29, 0.717) is 16.4 Å². The van der Waals surface area contributed by atoms with Gasteiger partial charge < -0.3 is 4.42 Å². The average Bonchev–Trinajstić information content (AvgIpc) is 2.86. The lowest BCUT2D eigenvalue weighted by Gasteiger charge is -1.99. The Hall–Kier alpha value is -2.03. The molecule has 3 rings (SSSR count). The zero-order valence-electron chi connectivity index (χ0n) is 12.8. The van der Waals surface area contributed by atoms with Crippen LogP contribution in [0.5, 0.6) is 0 Å². The second-order valence-electron chi connectivity index (χ2n) is 5.41. The average molecular weight is 347 g/mol. The highest BCUT2D eigenvalue weighted by atomic mass is 35.5. The quantitative estimate of drug-likeness (QED) is 0.428. The Morgan fingerprint density at radius 2 is 1.74 bits per heavy atom. The lowest BCUT2D eigenvalue weighted by Crippen LogP contribution is -1.90. The van der Waals surface area contributed by atoms with E-state index in [-0.39, 0.29) is 18.2 Å². The minimum absolute atomic E-state index is 0. The van der Waals surface area contributed by atoms with Crippen molar-refractivity contribution in [1.82, 2.24) is 0 Å². The summed E-state index contributed by atoms with van der Waals surface area (Å²) in [4.78, 5) is 12.2. The summed E-state index contributed by atoms with van der Waals surface area (Å²) in [6.45, 7) is 4.07.